The zero-order valence-electron chi connectivity index (χ0n) is 38.0. The molecular weight excluding hydrogens is 832 g/mol. The quantitative estimate of drug-likeness (QED) is 0.140. The van der Waals surface area contributed by atoms with Gasteiger partial charge in [-0.1, -0.05) is 224 Å². The SMILES string of the molecule is c1ccc(-c2cccc(N3c4cc(-c5ccccc5)c(-c5ccccc5)cc4B4c5cc(-c6ccccc6)c(-c6ccccc6)cc5N(c5cccc(-c6ccccc6)c5)c5cccc3c54)c2)cc1. The molecule has 0 unspecified atom stereocenters. The number of hydrogen-bond donors (Lipinski definition) is 0. The van der Waals surface area contributed by atoms with Gasteiger partial charge < -0.3 is 9.80 Å². The van der Waals surface area contributed by atoms with Crippen LogP contribution in [-0.4, -0.2) is 6.71 Å². The normalized spacial score (nSPS) is 12.3. The summed E-state index contributed by atoms with van der Waals surface area (Å²) in [5.74, 6) is 0. The Kier molecular flexibility index (Phi) is 9.98. The molecule has 11 aromatic rings. The van der Waals surface area contributed by atoms with Gasteiger partial charge in [0.15, 0.2) is 0 Å². The van der Waals surface area contributed by atoms with Crippen LogP contribution in [0.15, 0.2) is 273 Å². The van der Waals surface area contributed by atoms with Crippen LogP contribution in [0.5, 0.6) is 0 Å². The van der Waals surface area contributed by atoms with Crippen molar-refractivity contribution in [2.45, 2.75) is 0 Å². The highest BCUT2D eigenvalue weighted by Crippen LogP contribution is 2.48. The minimum Gasteiger partial charge on any atom is -0.311 e. The van der Waals surface area contributed by atoms with E-state index in [0.29, 0.717) is 0 Å². The maximum atomic E-state index is 2.54. The third-order valence-corrected chi connectivity index (χ3v) is 14.0. The van der Waals surface area contributed by atoms with Crippen molar-refractivity contribution in [3.05, 3.63) is 273 Å². The molecule has 0 bridgehead atoms. The predicted octanol–water partition coefficient (Wildman–Crippen LogP) is 15.8. The molecule has 322 valence electrons. The highest BCUT2D eigenvalue weighted by Gasteiger charge is 2.44. The average molecular weight is 877 g/mol. The molecule has 2 aliphatic heterocycles. The minimum absolute atomic E-state index is 0.108. The molecule has 2 aliphatic rings. The van der Waals surface area contributed by atoms with Crippen molar-refractivity contribution in [2.24, 2.45) is 0 Å². The van der Waals surface area contributed by atoms with Crippen LogP contribution in [-0.2, 0) is 0 Å². The van der Waals surface area contributed by atoms with Crippen molar-refractivity contribution in [2.75, 3.05) is 9.80 Å². The van der Waals surface area contributed by atoms with Crippen molar-refractivity contribution in [1.29, 1.82) is 0 Å². The first-order valence-electron chi connectivity index (χ1n) is 23.9. The van der Waals surface area contributed by atoms with Gasteiger partial charge in [-0.3, -0.25) is 0 Å². The summed E-state index contributed by atoms with van der Waals surface area (Å²) in [6, 6.07) is 100. The van der Waals surface area contributed by atoms with Gasteiger partial charge in [0.05, 0.1) is 0 Å². The maximum Gasteiger partial charge on any atom is 0.252 e. The zero-order valence-corrected chi connectivity index (χ0v) is 38.0. The second-order valence-electron chi connectivity index (χ2n) is 18.0. The summed E-state index contributed by atoms with van der Waals surface area (Å²) in [4.78, 5) is 5.08. The van der Waals surface area contributed by atoms with Gasteiger partial charge in [0.2, 0.25) is 0 Å². The van der Waals surface area contributed by atoms with E-state index in [4.69, 9.17) is 0 Å². The van der Waals surface area contributed by atoms with Crippen LogP contribution in [0.3, 0.4) is 0 Å². The first-order valence-corrected chi connectivity index (χ1v) is 23.9. The largest absolute Gasteiger partial charge is 0.311 e. The molecular formula is C66H45BN2. The maximum absolute atomic E-state index is 2.54. The van der Waals surface area contributed by atoms with Crippen LogP contribution in [0.1, 0.15) is 0 Å². The van der Waals surface area contributed by atoms with Crippen molar-refractivity contribution in [3.8, 4) is 66.8 Å². The zero-order chi connectivity index (χ0) is 45.7. The molecule has 0 amide bonds. The molecule has 69 heavy (non-hydrogen) atoms. The van der Waals surface area contributed by atoms with Gasteiger partial charge in [-0.15, -0.1) is 0 Å². The van der Waals surface area contributed by atoms with Crippen molar-refractivity contribution in [3.63, 3.8) is 0 Å². The Bertz CT molecular complexity index is 3410. The standard InChI is InChI=1S/C66H45BN2/c1-7-22-46(23-8-1)52-34-19-36-54(40-52)68-62-38-21-39-63-66(62)67(60-42-56(48-26-11-3-12-27-48)58(44-64(60)68)50-30-15-5-16-31-50)61-43-57(49-28-13-4-14-29-49)59(51-32-17-6-18-33-51)45-65(61)69(63)55-37-20-35-53(41-55)47-24-9-2-10-25-47/h1-45H. The summed E-state index contributed by atoms with van der Waals surface area (Å²) in [5.41, 5.74) is 25.0. The van der Waals surface area contributed by atoms with E-state index < -0.39 is 0 Å². The van der Waals surface area contributed by atoms with Gasteiger partial charge in [0.1, 0.15) is 0 Å². The number of rotatable bonds is 8. The summed E-state index contributed by atoms with van der Waals surface area (Å²) in [6.45, 7) is -0.108. The van der Waals surface area contributed by atoms with Crippen LogP contribution in [0, 0.1) is 0 Å². The van der Waals surface area contributed by atoms with E-state index in [1.807, 2.05) is 0 Å². The summed E-state index contributed by atoms with van der Waals surface area (Å²) in [5, 5.41) is 0. The Morgan fingerprint density at radius 2 is 0.507 bits per heavy atom. The Balaban J connectivity index is 1.15. The molecule has 0 atom stereocenters. The van der Waals surface area contributed by atoms with E-state index in [1.165, 1.54) is 106 Å². The lowest BCUT2D eigenvalue weighted by molar-refractivity contribution is 1.25. The molecule has 11 aromatic carbocycles. The van der Waals surface area contributed by atoms with Gasteiger partial charge >= 0.3 is 0 Å². The lowest BCUT2D eigenvalue weighted by Gasteiger charge is -2.45. The lowest BCUT2D eigenvalue weighted by Crippen LogP contribution is -2.61. The smallest absolute Gasteiger partial charge is 0.252 e. The van der Waals surface area contributed by atoms with E-state index in [0.717, 1.165) is 11.4 Å². The van der Waals surface area contributed by atoms with Crippen LogP contribution < -0.4 is 26.2 Å². The molecule has 2 heterocycles. The fraction of sp³-hybridized carbons (Fsp3) is 0. The average Bonchev–Trinajstić information content (AvgIpc) is 3.44. The second-order valence-corrected chi connectivity index (χ2v) is 18.0. The Morgan fingerprint density at radius 3 is 0.855 bits per heavy atom. The minimum atomic E-state index is -0.108. The summed E-state index contributed by atoms with van der Waals surface area (Å²) >= 11 is 0. The highest BCUT2D eigenvalue weighted by atomic mass is 15.2. The number of benzene rings is 11. The number of fused-ring (bicyclic) bond motifs is 4. The fourth-order valence-corrected chi connectivity index (χ4v) is 10.9. The van der Waals surface area contributed by atoms with E-state index in [-0.39, 0.29) is 6.71 Å². The Hall–Kier alpha value is -8.92. The number of hydrogen-bond acceptors (Lipinski definition) is 2. The molecule has 0 aromatic heterocycles. The third-order valence-electron chi connectivity index (χ3n) is 14.0. The Morgan fingerprint density at radius 1 is 0.217 bits per heavy atom. The molecule has 3 heteroatoms. The summed E-state index contributed by atoms with van der Waals surface area (Å²) in [6.07, 6.45) is 0. The monoisotopic (exact) mass is 876 g/mol. The molecule has 0 fully saturated rings. The van der Waals surface area contributed by atoms with E-state index in [9.17, 15) is 0 Å². The van der Waals surface area contributed by atoms with Gasteiger partial charge in [-0.25, -0.2) is 0 Å². The first-order chi connectivity index (χ1) is 34.2. The topological polar surface area (TPSA) is 6.48 Å². The van der Waals surface area contributed by atoms with E-state index in [1.54, 1.807) is 0 Å². The fourth-order valence-electron chi connectivity index (χ4n) is 10.9. The van der Waals surface area contributed by atoms with Crippen LogP contribution in [0.4, 0.5) is 34.1 Å². The third kappa shape index (κ3) is 7.06. The number of anilines is 6. The first kappa shape index (κ1) is 40.4. The van der Waals surface area contributed by atoms with Crippen LogP contribution in [0.2, 0.25) is 0 Å². The highest BCUT2D eigenvalue weighted by molar-refractivity contribution is 7.00. The van der Waals surface area contributed by atoms with Gasteiger partial charge in [0.25, 0.3) is 6.71 Å². The summed E-state index contributed by atoms with van der Waals surface area (Å²) < 4.78 is 0. The Labute approximate surface area is 404 Å². The van der Waals surface area contributed by atoms with E-state index >= 15 is 0 Å². The van der Waals surface area contributed by atoms with Crippen molar-refractivity contribution < 1.29 is 0 Å². The van der Waals surface area contributed by atoms with Gasteiger partial charge in [-0.05, 0) is 132 Å². The predicted molar refractivity (Wildman–Crippen MR) is 293 cm³/mol. The van der Waals surface area contributed by atoms with Crippen molar-refractivity contribution in [1.82, 2.24) is 0 Å². The molecule has 0 spiro atoms. The molecule has 0 saturated carbocycles. The molecule has 0 radical (unpaired) electrons. The van der Waals surface area contributed by atoms with E-state index in [2.05, 4.69) is 283 Å². The molecule has 13 rings (SSSR count). The van der Waals surface area contributed by atoms with Gasteiger partial charge in [-0.2, -0.15) is 0 Å². The molecule has 0 aliphatic carbocycles. The van der Waals surface area contributed by atoms with Crippen LogP contribution in [0.25, 0.3) is 66.8 Å². The van der Waals surface area contributed by atoms with Crippen LogP contribution >= 0.6 is 0 Å². The second kappa shape index (κ2) is 17.1. The van der Waals surface area contributed by atoms with Gasteiger partial charge in [0, 0.05) is 34.1 Å². The van der Waals surface area contributed by atoms with Crippen molar-refractivity contribution >= 4 is 57.2 Å². The molecule has 2 nitrogen and oxygen atoms in total. The summed E-state index contributed by atoms with van der Waals surface area (Å²) in [7, 11) is 0. The lowest BCUT2D eigenvalue weighted by atomic mass is 9.33. The number of nitrogens with zero attached hydrogens (tertiary/aromatic N) is 2. The molecule has 0 N–H and O–H groups in total. The molecule has 0 saturated heterocycles.